The van der Waals surface area contributed by atoms with Crippen molar-refractivity contribution in [3.8, 4) is 17.2 Å². The summed E-state index contributed by atoms with van der Waals surface area (Å²) in [7, 11) is -4.48. The van der Waals surface area contributed by atoms with Gasteiger partial charge in [-0.15, -0.1) is 5.75 Å². The van der Waals surface area contributed by atoms with Gasteiger partial charge in [-0.3, -0.25) is 4.55 Å². The van der Waals surface area contributed by atoms with Gasteiger partial charge in [0, 0.05) is 0 Å². The van der Waals surface area contributed by atoms with Crippen LogP contribution in [0.4, 0.5) is 0 Å². The molecule has 0 aliphatic rings. The third-order valence-corrected chi connectivity index (χ3v) is 5.83. The van der Waals surface area contributed by atoms with Crippen molar-refractivity contribution in [1.82, 2.24) is 0 Å². The Hall–Kier alpha value is -0.414. The van der Waals surface area contributed by atoms with Gasteiger partial charge in [0.2, 0.25) is 0 Å². The van der Waals surface area contributed by atoms with Gasteiger partial charge in [-0.05, 0) is 36.6 Å². The zero-order valence-corrected chi connectivity index (χ0v) is 22.0. The first-order chi connectivity index (χ1) is 13.9. The van der Waals surface area contributed by atoms with E-state index in [1.807, 2.05) is 12.1 Å². The molecule has 0 saturated carbocycles. The number of ether oxygens (including phenoxy) is 1. The van der Waals surface area contributed by atoms with Crippen LogP contribution in [0.3, 0.4) is 0 Å². The van der Waals surface area contributed by atoms with E-state index in [0.717, 1.165) is 43.0 Å². The van der Waals surface area contributed by atoms with Crippen LogP contribution in [-0.4, -0.2) is 13.0 Å². The normalized spacial score (nSPS) is 11.1. The van der Waals surface area contributed by atoms with Crippen molar-refractivity contribution in [3.05, 3.63) is 48.0 Å². The van der Waals surface area contributed by atoms with Crippen LogP contribution < -0.4 is 61.2 Å². The summed E-state index contributed by atoms with van der Waals surface area (Å²) in [5, 5.41) is 11.6. The molecule has 7 heteroatoms. The predicted molar refractivity (Wildman–Crippen MR) is 113 cm³/mol. The molecule has 0 aliphatic carbocycles. The summed E-state index contributed by atoms with van der Waals surface area (Å²) in [6.07, 6.45) is 12.0. The van der Waals surface area contributed by atoms with Crippen molar-refractivity contribution >= 4 is 10.1 Å². The molecular formula is C23H31KO5S. The fourth-order valence-corrected chi connectivity index (χ4v) is 3.93. The van der Waals surface area contributed by atoms with E-state index >= 15 is 0 Å². The first-order valence-corrected chi connectivity index (χ1v) is 11.9. The number of aryl methyl sites for hydroxylation is 1. The molecule has 0 aromatic heterocycles. The summed E-state index contributed by atoms with van der Waals surface area (Å²) in [6, 6.07) is 10.6. The SMILES string of the molecule is CCCCCCCCCCCc1ccccc1Oc1cc([O-])ccc1S(=O)(=O)O.[K+]. The van der Waals surface area contributed by atoms with E-state index in [0.29, 0.717) is 5.75 Å². The van der Waals surface area contributed by atoms with Crippen molar-refractivity contribution in [1.29, 1.82) is 0 Å². The molecule has 0 amide bonds. The van der Waals surface area contributed by atoms with Crippen LogP contribution in [0, 0.1) is 0 Å². The summed E-state index contributed by atoms with van der Waals surface area (Å²) in [6.45, 7) is 2.22. The maximum absolute atomic E-state index is 11.6. The number of para-hydroxylation sites is 1. The van der Waals surface area contributed by atoms with Gasteiger partial charge in [0.15, 0.2) is 0 Å². The Morgan fingerprint density at radius 2 is 1.47 bits per heavy atom. The minimum atomic E-state index is -4.48. The molecule has 2 rings (SSSR count). The fourth-order valence-electron chi connectivity index (χ4n) is 3.34. The van der Waals surface area contributed by atoms with E-state index in [1.54, 1.807) is 12.1 Å². The maximum Gasteiger partial charge on any atom is 1.00 e. The minimum Gasteiger partial charge on any atom is -0.872 e. The van der Waals surface area contributed by atoms with Crippen LogP contribution in [0.1, 0.15) is 70.3 Å². The molecule has 0 aliphatic heterocycles. The van der Waals surface area contributed by atoms with Crippen LogP contribution in [0.15, 0.2) is 47.4 Å². The van der Waals surface area contributed by atoms with Crippen molar-refractivity contribution in [2.24, 2.45) is 0 Å². The summed E-state index contributed by atoms with van der Waals surface area (Å²) >= 11 is 0. The van der Waals surface area contributed by atoms with Crippen molar-refractivity contribution < 1.29 is 74.2 Å². The van der Waals surface area contributed by atoms with Crippen LogP contribution in [0.25, 0.3) is 0 Å². The minimum absolute atomic E-state index is 0. The third-order valence-electron chi connectivity index (χ3n) is 4.94. The van der Waals surface area contributed by atoms with Crippen LogP contribution in [-0.2, 0) is 16.5 Å². The molecular weight excluding hydrogens is 427 g/mol. The molecule has 160 valence electrons. The second kappa shape index (κ2) is 14.6. The molecule has 0 saturated heterocycles. The molecule has 2 aromatic carbocycles. The monoisotopic (exact) mass is 458 g/mol. The van der Waals surface area contributed by atoms with Crippen molar-refractivity contribution in [2.45, 2.75) is 76.0 Å². The average molecular weight is 459 g/mol. The van der Waals surface area contributed by atoms with E-state index in [4.69, 9.17) is 4.74 Å². The first-order valence-electron chi connectivity index (χ1n) is 10.5. The van der Waals surface area contributed by atoms with Crippen LogP contribution in [0.2, 0.25) is 0 Å². The Morgan fingerprint density at radius 3 is 2.10 bits per heavy atom. The van der Waals surface area contributed by atoms with E-state index in [-0.39, 0.29) is 62.9 Å². The van der Waals surface area contributed by atoms with E-state index in [1.165, 1.54) is 44.9 Å². The summed E-state index contributed by atoms with van der Waals surface area (Å²) in [4.78, 5) is -0.407. The zero-order valence-electron chi connectivity index (χ0n) is 18.1. The quantitative estimate of drug-likeness (QED) is 0.283. The third kappa shape index (κ3) is 9.81. The molecule has 0 atom stereocenters. The number of hydrogen-bond donors (Lipinski definition) is 1. The Morgan fingerprint density at radius 1 is 0.867 bits per heavy atom. The Kier molecular flexibility index (Phi) is 13.5. The van der Waals surface area contributed by atoms with Crippen molar-refractivity contribution in [3.63, 3.8) is 0 Å². The van der Waals surface area contributed by atoms with Gasteiger partial charge in [0.1, 0.15) is 16.4 Å². The molecule has 2 aromatic rings. The van der Waals surface area contributed by atoms with Gasteiger partial charge in [-0.1, -0.05) is 82.6 Å². The first kappa shape index (κ1) is 27.6. The van der Waals surface area contributed by atoms with Gasteiger partial charge in [-0.25, -0.2) is 0 Å². The molecule has 0 radical (unpaired) electrons. The van der Waals surface area contributed by atoms with Gasteiger partial charge in [0.05, 0.1) is 0 Å². The van der Waals surface area contributed by atoms with Gasteiger partial charge < -0.3 is 9.84 Å². The van der Waals surface area contributed by atoms with E-state index < -0.39 is 15.0 Å². The number of rotatable bonds is 13. The number of benzene rings is 2. The summed E-state index contributed by atoms with van der Waals surface area (Å²) in [5.74, 6) is -0.0362. The Labute approximate surface area is 223 Å². The Balaban J connectivity index is 0.00000450. The Bertz CT molecular complexity index is 868. The molecule has 30 heavy (non-hydrogen) atoms. The predicted octanol–water partition coefficient (Wildman–Crippen LogP) is 2.88. The van der Waals surface area contributed by atoms with Gasteiger partial charge >= 0.3 is 51.4 Å². The molecule has 0 bridgehead atoms. The van der Waals surface area contributed by atoms with Gasteiger partial charge in [0.25, 0.3) is 10.1 Å². The summed E-state index contributed by atoms with van der Waals surface area (Å²) < 4.78 is 38.3. The zero-order chi connectivity index (χ0) is 21.1. The smallest absolute Gasteiger partial charge is 0.872 e. The molecule has 5 nitrogen and oxygen atoms in total. The molecule has 1 N–H and O–H groups in total. The number of unbranched alkanes of at least 4 members (excludes halogenated alkanes) is 8. The molecule has 0 spiro atoms. The second-order valence-electron chi connectivity index (χ2n) is 7.37. The number of hydrogen-bond acceptors (Lipinski definition) is 4. The topological polar surface area (TPSA) is 86.7 Å². The summed E-state index contributed by atoms with van der Waals surface area (Å²) in [5.41, 5.74) is 0.952. The average Bonchev–Trinajstić information content (AvgIpc) is 2.67. The standard InChI is InChI=1S/C23H32O5S.K/c1-2-3-4-5-6-7-8-9-10-13-19-14-11-12-15-21(19)28-22-18-20(24)16-17-23(22)29(25,26)27;/h11-12,14-18,24H,2-10,13H2,1H3,(H,25,26,27);/q;+1/p-1. The maximum atomic E-state index is 11.6. The van der Waals surface area contributed by atoms with E-state index in [9.17, 15) is 18.1 Å². The second-order valence-corrected chi connectivity index (χ2v) is 8.76. The largest absolute Gasteiger partial charge is 1.00 e. The van der Waals surface area contributed by atoms with Crippen molar-refractivity contribution in [2.75, 3.05) is 0 Å². The van der Waals surface area contributed by atoms with Crippen LogP contribution in [0.5, 0.6) is 17.2 Å². The fraction of sp³-hybridized carbons (Fsp3) is 0.478. The van der Waals surface area contributed by atoms with Gasteiger partial charge in [-0.2, -0.15) is 8.42 Å². The molecule has 0 fully saturated rings. The van der Waals surface area contributed by atoms with E-state index in [2.05, 4.69) is 6.92 Å². The van der Waals surface area contributed by atoms with Crippen LogP contribution >= 0.6 is 0 Å². The molecule has 0 heterocycles. The molecule has 0 unspecified atom stereocenters.